The molecule has 4 rings (SSSR count). The zero-order valence-corrected chi connectivity index (χ0v) is 16.5. The number of para-hydroxylation sites is 1. The number of hydrogen-bond donors (Lipinski definition) is 2. The smallest absolute Gasteiger partial charge is 0.319 e. The third kappa shape index (κ3) is 4.52. The molecule has 0 fully saturated rings. The number of aryl methyl sites for hydroxylation is 1. The first-order valence-corrected chi connectivity index (χ1v) is 9.51. The summed E-state index contributed by atoms with van der Waals surface area (Å²) in [6.45, 7) is 2.28. The Hall–Kier alpha value is -3.44. The normalized spacial score (nSPS) is 10.7. The van der Waals surface area contributed by atoms with E-state index in [1.807, 2.05) is 31.2 Å². The molecule has 29 heavy (non-hydrogen) atoms. The van der Waals surface area contributed by atoms with E-state index in [2.05, 4.69) is 10.6 Å². The number of halogens is 1. The van der Waals surface area contributed by atoms with Crippen molar-refractivity contribution in [2.75, 3.05) is 5.32 Å². The molecule has 0 spiro atoms. The number of urea groups is 1. The largest absolute Gasteiger partial charge is 0.461 e. The molecule has 3 aromatic carbocycles. The van der Waals surface area contributed by atoms with Gasteiger partial charge in [-0.25, -0.2) is 4.79 Å². The maximum absolute atomic E-state index is 12.3. The highest BCUT2D eigenvalue weighted by Gasteiger charge is 2.11. The van der Waals surface area contributed by atoms with Gasteiger partial charge >= 0.3 is 6.03 Å². The lowest BCUT2D eigenvalue weighted by molar-refractivity contribution is 0.251. The van der Waals surface area contributed by atoms with E-state index in [1.54, 1.807) is 48.5 Å². The van der Waals surface area contributed by atoms with Crippen molar-refractivity contribution in [3.8, 4) is 11.5 Å². The molecular formula is C23H19ClN2O3. The second kappa shape index (κ2) is 8.29. The van der Waals surface area contributed by atoms with Crippen LogP contribution in [0.1, 0.15) is 11.3 Å². The van der Waals surface area contributed by atoms with Crippen LogP contribution in [0.5, 0.6) is 11.5 Å². The fourth-order valence-corrected chi connectivity index (χ4v) is 3.16. The van der Waals surface area contributed by atoms with E-state index in [9.17, 15) is 4.79 Å². The average Bonchev–Trinajstić information content (AvgIpc) is 3.04. The van der Waals surface area contributed by atoms with Crippen LogP contribution in [-0.2, 0) is 6.54 Å². The number of hydrogen-bond acceptors (Lipinski definition) is 3. The molecule has 0 atom stereocenters. The van der Waals surface area contributed by atoms with Crippen molar-refractivity contribution in [2.45, 2.75) is 13.5 Å². The molecular weight excluding hydrogens is 388 g/mol. The first-order chi connectivity index (χ1) is 14.1. The van der Waals surface area contributed by atoms with E-state index in [0.29, 0.717) is 28.8 Å². The van der Waals surface area contributed by atoms with Crippen molar-refractivity contribution < 1.29 is 13.9 Å². The highest BCUT2D eigenvalue weighted by atomic mass is 35.5. The van der Waals surface area contributed by atoms with Crippen LogP contribution in [0.4, 0.5) is 10.5 Å². The molecule has 0 aliphatic rings. The maximum Gasteiger partial charge on any atom is 0.319 e. The Morgan fingerprint density at radius 1 is 0.966 bits per heavy atom. The van der Waals surface area contributed by atoms with Crippen molar-refractivity contribution in [3.63, 3.8) is 0 Å². The van der Waals surface area contributed by atoms with Crippen molar-refractivity contribution >= 4 is 34.3 Å². The molecule has 0 bridgehead atoms. The van der Waals surface area contributed by atoms with E-state index in [-0.39, 0.29) is 6.03 Å². The summed E-state index contributed by atoms with van der Waals surface area (Å²) in [5.74, 6) is 2.16. The maximum atomic E-state index is 12.3. The van der Waals surface area contributed by atoms with Crippen molar-refractivity contribution in [1.29, 1.82) is 0 Å². The van der Waals surface area contributed by atoms with E-state index >= 15 is 0 Å². The van der Waals surface area contributed by atoms with Crippen LogP contribution in [0, 0.1) is 6.92 Å². The topological polar surface area (TPSA) is 63.5 Å². The van der Waals surface area contributed by atoms with Crippen molar-refractivity contribution in [2.24, 2.45) is 0 Å². The fourth-order valence-electron chi connectivity index (χ4n) is 3.03. The number of ether oxygens (including phenoxy) is 1. The molecule has 146 valence electrons. The van der Waals surface area contributed by atoms with Gasteiger partial charge in [0.05, 0.1) is 0 Å². The number of rotatable bonds is 5. The minimum Gasteiger partial charge on any atom is -0.461 e. The minimum absolute atomic E-state index is 0.291. The number of carbonyl (C=O) groups is 1. The average molecular weight is 407 g/mol. The number of nitrogens with one attached hydrogen (secondary N) is 2. The molecule has 2 amide bonds. The number of furan rings is 1. The van der Waals surface area contributed by atoms with E-state index in [1.165, 1.54) is 0 Å². The summed E-state index contributed by atoms with van der Waals surface area (Å²) in [5, 5.41) is 7.35. The highest BCUT2D eigenvalue weighted by molar-refractivity contribution is 6.30. The quantitative estimate of drug-likeness (QED) is 0.397. The fraction of sp³-hybridized carbons (Fsp3) is 0.0870. The molecule has 4 aromatic rings. The van der Waals surface area contributed by atoms with Crippen molar-refractivity contribution in [1.82, 2.24) is 5.32 Å². The van der Waals surface area contributed by atoms with Crippen LogP contribution < -0.4 is 15.4 Å². The Labute approximate surface area is 173 Å². The second-order valence-corrected chi connectivity index (χ2v) is 6.96. The van der Waals surface area contributed by atoms with Gasteiger partial charge in [-0.05, 0) is 61.5 Å². The molecule has 0 unspecified atom stereocenters. The predicted molar refractivity (Wildman–Crippen MR) is 115 cm³/mol. The van der Waals surface area contributed by atoms with Gasteiger partial charge in [0.15, 0.2) is 0 Å². The monoisotopic (exact) mass is 406 g/mol. The SMILES string of the molecule is Cc1oc2ccccc2c1CNC(=O)Nc1ccc(Oc2ccc(Cl)cc2)cc1. The van der Waals surface area contributed by atoms with E-state index in [4.69, 9.17) is 20.8 Å². The van der Waals surface area contributed by atoms with Gasteiger partial charge in [0.25, 0.3) is 0 Å². The molecule has 1 aromatic heterocycles. The summed E-state index contributed by atoms with van der Waals surface area (Å²) in [6.07, 6.45) is 0. The van der Waals surface area contributed by atoms with Crippen LogP contribution in [0.3, 0.4) is 0 Å². The van der Waals surface area contributed by atoms with Gasteiger partial charge in [0.1, 0.15) is 22.8 Å². The third-order valence-corrected chi connectivity index (χ3v) is 4.74. The second-order valence-electron chi connectivity index (χ2n) is 6.52. The van der Waals surface area contributed by atoms with Crippen LogP contribution in [0.25, 0.3) is 11.0 Å². The van der Waals surface area contributed by atoms with Crippen molar-refractivity contribution in [3.05, 3.63) is 89.1 Å². The standard InChI is InChI=1S/C23H19ClN2O3/c1-15-21(20-4-2-3-5-22(20)28-15)14-25-23(27)26-17-8-12-19(13-9-17)29-18-10-6-16(24)7-11-18/h2-13H,14H2,1H3,(H2,25,26,27). The zero-order chi connectivity index (χ0) is 20.2. The molecule has 0 aliphatic carbocycles. The summed E-state index contributed by atoms with van der Waals surface area (Å²) in [5.41, 5.74) is 2.46. The zero-order valence-electron chi connectivity index (χ0n) is 15.7. The number of amides is 2. The Kier molecular flexibility index (Phi) is 5.40. The molecule has 0 saturated heterocycles. The number of carbonyl (C=O) groups excluding carboxylic acids is 1. The van der Waals surface area contributed by atoms with Gasteiger partial charge in [0, 0.05) is 28.2 Å². The molecule has 5 nitrogen and oxygen atoms in total. The highest BCUT2D eigenvalue weighted by Crippen LogP contribution is 2.26. The molecule has 0 aliphatic heterocycles. The molecule has 0 saturated carbocycles. The number of anilines is 1. The predicted octanol–water partition coefficient (Wildman–Crippen LogP) is 6.51. The third-order valence-electron chi connectivity index (χ3n) is 4.49. The molecule has 0 radical (unpaired) electrons. The first-order valence-electron chi connectivity index (χ1n) is 9.14. The lowest BCUT2D eigenvalue weighted by Crippen LogP contribution is -2.28. The number of fused-ring (bicyclic) bond motifs is 1. The Bertz CT molecular complexity index is 1140. The Morgan fingerprint density at radius 2 is 1.62 bits per heavy atom. The molecule has 1 heterocycles. The van der Waals surface area contributed by atoms with Crippen LogP contribution in [0.15, 0.2) is 77.2 Å². The van der Waals surface area contributed by atoms with Gasteiger partial charge in [-0.1, -0.05) is 29.8 Å². The van der Waals surface area contributed by atoms with Crippen LogP contribution in [0.2, 0.25) is 5.02 Å². The van der Waals surface area contributed by atoms with Gasteiger partial charge < -0.3 is 19.8 Å². The van der Waals surface area contributed by atoms with Crippen LogP contribution >= 0.6 is 11.6 Å². The van der Waals surface area contributed by atoms with Gasteiger partial charge in [-0.3, -0.25) is 0 Å². The summed E-state index contributed by atoms with van der Waals surface area (Å²) in [6, 6.07) is 21.8. The minimum atomic E-state index is -0.291. The molecule has 2 N–H and O–H groups in total. The summed E-state index contributed by atoms with van der Waals surface area (Å²) < 4.78 is 11.5. The summed E-state index contributed by atoms with van der Waals surface area (Å²) in [4.78, 5) is 12.3. The van der Waals surface area contributed by atoms with E-state index < -0.39 is 0 Å². The van der Waals surface area contributed by atoms with E-state index in [0.717, 1.165) is 22.3 Å². The summed E-state index contributed by atoms with van der Waals surface area (Å²) >= 11 is 5.87. The van der Waals surface area contributed by atoms with Gasteiger partial charge in [-0.15, -0.1) is 0 Å². The Morgan fingerprint density at radius 3 is 2.34 bits per heavy atom. The van der Waals surface area contributed by atoms with Crippen LogP contribution in [-0.4, -0.2) is 6.03 Å². The van der Waals surface area contributed by atoms with Gasteiger partial charge in [-0.2, -0.15) is 0 Å². The number of benzene rings is 3. The lowest BCUT2D eigenvalue weighted by atomic mass is 10.1. The first kappa shape index (κ1) is 18.9. The molecule has 6 heteroatoms. The van der Waals surface area contributed by atoms with Gasteiger partial charge in [0.2, 0.25) is 0 Å². The lowest BCUT2D eigenvalue weighted by Gasteiger charge is -2.09. The summed E-state index contributed by atoms with van der Waals surface area (Å²) in [7, 11) is 0. The Balaban J connectivity index is 1.34.